The molecule has 1 heterocycles. The lowest BCUT2D eigenvalue weighted by Crippen LogP contribution is -2.26. The molecule has 0 aliphatic carbocycles. The van der Waals surface area contributed by atoms with Gasteiger partial charge in [-0.05, 0) is 29.0 Å². The first-order chi connectivity index (χ1) is 7.46. The molecule has 90 valence electrons. The fourth-order valence-electron chi connectivity index (χ4n) is 1.23. The van der Waals surface area contributed by atoms with Crippen molar-refractivity contribution in [1.29, 1.82) is 0 Å². The molecule has 0 atom stereocenters. The average molecular weight is 356 g/mol. The Labute approximate surface area is 108 Å². The number of hydrogen-bond donors (Lipinski definition) is 0. The molecule has 1 aromatic heterocycles. The van der Waals surface area contributed by atoms with Crippen LogP contribution in [-0.2, 0) is 16.4 Å². The molecular weight excluding hydrogens is 343 g/mol. The van der Waals surface area contributed by atoms with Gasteiger partial charge in [0.15, 0.2) is 9.84 Å². The van der Waals surface area contributed by atoms with E-state index in [1.54, 1.807) is 0 Å². The third-order valence-corrected chi connectivity index (χ3v) is 4.59. The maximum absolute atomic E-state index is 11.6. The second-order valence-electron chi connectivity index (χ2n) is 3.39. The molecule has 0 saturated heterocycles. The van der Waals surface area contributed by atoms with Gasteiger partial charge in [0.25, 0.3) is 5.56 Å². The van der Waals surface area contributed by atoms with Crippen LogP contribution in [0.25, 0.3) is 0 Å². The first-order valence-corrected chi connectivity index (χ1v) is 7.76. The molecule has 0 radical (unpaired) electrons. The van der Waals surface area contributed by atoms with Crippen LogP contribution < -0.4 is 5.56 Å². The molecule has 0 unspecified atom stereocenters. The lowest BCUT2D eigenvalue weighted by molar-refractivity contribution is 0.584. The summed E-state index contributed by atoms with van der Waals surface area (Å²) in [4.78, 5) is 15.4. The van der Waals surface area contributed by atoms with E-state index in [1.165, 1.54) is 17.1 Å². The molecule has 0 N–H and O–H groups in total. The first kappa shape index (κ1) is 13.6. The fraction of sp³-hybridized carbons (Fsp3) is 0.556. The highest BCUT2D eigenvalue weighted by atomic mass is 127. The van der Waals surface area contributed by atoms with Gasteiger partial charge >= 0.3 is 0 Å². The van der Waals surface area contributed by atoms with Crippen LogP contribution in [0.2, 0.25) is 0 Å². The van der Waals surface area contributed by atoms with Crippen LogP contribution in [0.15, 0.2) is 17.3 Å². The molecule has 16 heavy (non-hydrogen) atoms. The van der Waals surface area contributed by atoms with Crippen LogP contribution in [0.4, 0.5) is 0 Å². The first-order valence-electron chi connectivity index (χ1n) is 4.86. The highest BCUT2D eigenvalue weighted by Gasteiger charge is 2.10. The van der Waals surface area contributed by atoms with E-state index in [1.807, 2.05) is 29.5 Å². The predicted molar refractivity (Wildman–Crippen MR) is 70.2 cm³/mol. The van der Waals surface area contributed by atoms with Crippen molar-refractivity contribution in [2.24, 2.45) is 0 Å². The van der Waals surface area contributed by atoms with E-state index in [0.717, 1.165) is 0 Å². The number of sulfone groups is 1. The van der Waals surface area contributed by atoms with Gasteiger partial charge in [-0.15, -0.1) is 0 Å². The molecule has 0 bridgehead atoms. The van der Waals surface area contributed by atoms with Gasteiger partial charge in [0, 0.05) is 18.5 Å². The Hall–Kier alpha value is -0.440. The maximum atomic E-state index is 11.6. The van der Waals surface area contributed by atoms with Crippen LogP contribution >= 0.6 is 22.6 Å². The Morgan fingerprint density at radius 2 is 2.12 bits per heavy atom. The predicted octanol–water partition coefficient (Wildman–Crippen LogP) is 0.673. The largest absolute Gasteiger partial charge is 0.297 e. The summed E-state index contributed by atoms with van der Waals surface area (Å²) in [5.74, 6) is 0.154. The van der Waals surface area contributed by atoms with Crippen LogP contribution in [0.3, 0.4) is 0 Å². The highest BCUT2D eigenvalue weighted by Crippen LogP contribution is 1.97. The van der Waals surface area contributed by atoms with Crippen LogP contribution in [0.1, 0.15) is 13.3 Å². The number of halogens is 1. The van der Waals surface area contributed by atoms with Crippen molar-refractivity contribution in [2.45, 2.75) is 19.9 Å². The maximum Gasteiger partial charge on any atom is 0.266 e. The second kappa shape index (κ2) is 5.76. The van der Waals surface area contributed by atoms with Gasteiger partial charge < -0.3 is 0 Å². The van der Waals surface area contributed by atoms with Crippen molar-refractivity contribution in [3.05, 3.63) is 26.4 Å². The smallest absolute Gasteiger partial charge is 0.266 e. The van der Waals surface area contributed by atoms with E-state index in [-0.39, 0.29) is 23.6 Å². The van der Waals surface area contributed by atoms with Gasteiger partial charge in [-0.2, -0.15) is 0 Å². The van der Waals surface area contributed by atoms with Gasteiger partial charge in [0.2, 0.25) is 0 Å². The quantitative estimate of drug-likeness (QED) is 0.728. The zero-order chi connectivity index (χ0) is 12.2. The summed E-state index contributed by atoms with van der Waals surface area (Å²) in [5, 5.41) is 0. The Morgan fingerprint density at radius 1 is 1.44 bits per heavy atom. The van der Waals surface area contributed by atoms with Crippen molar-refractivity contribution in [2.75, 3.05) is 11.5 Å². The Morgan fingerprint density at radius 3 is 2.75 bits per heavy atom. The summed E-state index contributed by atoms with van der Waals surface area (Å²) in [7, 11) is -3.05. The molecule has 0 fully saturated rings. The standard InChI is InChI=1S/C9H13IN2O3S/c1-2-4-16(14,15)5-3-12-7-11-6-8(10)9(12)13/h6-7H,2-5H2,1H3. The van der Waals surface area contributed by atoms with E-state index in [4.69, 9.17) is 0 Å². The van der Waals surface area contributed by atoms with E-state index < -0.39 is 9.84 Å². The van der Waals surface area contributed by atoms with Gasteiger partial charge in [-0.1, -0.05) is 6.92 Å². The van der Waals surface area contributed by atoms with Crippen molar-refractivity contribution < 1.29 is 8.42 Å². The third-order valence-electron chi connectivity index (χ3n) is 2.02. The topological polar surface area (TPSA) is 69.0 Å². The highest BCUT2D eigenvalue weighted by molar-refractivity contribution is 14.1. The molecule has 1 aromatic rings. The number of rotatable bonds is 5. The summed E-state index contributed by atoms with van der Waals surface area (Å²) >= 11 is 1.88. The minimum Gasteiger partial charge on any atom is -0.297 e. The SMILES string of the molecule is CCCS(=O)(=O)CCn1cncc(I)c1=O. The van der Waals surface area contributed by atoms with Gasteiger partial charge in [-0.3, -0.25) is 9.36 Å². The third kappa shape index (κ3) is 3.85. The molecule has 0 spiro atoms. The Kier molecular flexibility index (Phi) is 4.90. The summed E-state index contributed by atoms with van der Waals surface area (Å²) in [5.41, 5.74) is -0.192. The Bertz CT molecular complexity index is 510. The lowest BCUT2D eigenvalue weighted by atomic mass is 10.6. The molecular formula is C9H13IN2O3S. The summed E-state index contributed by atoms with van der Waals surface area (Å²) in [6.07, 6.45) is 3.42. The monoisotopic (exact) mass is 356 g/mol. The minimum atomic E-state index is -3.05. The van der Waals surface area contributed by atoms with Crippen molar-refractivity contribution in [3.8, 4) is 0 Å². The summed E-state index contributed by atoms with van der Waals surface area (Å²) in [6.45, 7) is 1.99. The fourth-order valence-corrected chi connectivity index (χ4v) is 3.01. The second-order valence-corrected chi connectivity index (χ2v) is 6.86. The van der Waals surface area contributed by atoms with Gasteiger partial charge in [-0.25, -0.2) is 13.4 Å². The van der Waals surface area contributed by atoms with Crippen LogP contribution in [-0.4, -0.2) is 29.5 Å². The normalized spacial score (nSPS) is 11.6. The van der Waals surface area contributed by atoms with Gasteiger partial charge in [0.05, 0.1) is 15.7 Å². The number of nitrogens with zero attached hydrogens (tertiary/aromatic N) is 2. The number of aromatic nitrogens is 2. The van der Waals surface area contributed by atoms with Crippen molar-refractivity contribution >= 4 is 32.4 Å². The summed E-state index contributed by atoms with van der Waals surface area (Å²) in [6, 6.07) is 0. The zero-order valence-electron chi connectivity index (χ0n) is 8.89. The molecule has 7 heteroatoms. The van der Waals surface area contributed by atoms with E-state index in [2.05, 4.69) is 4.98 Å². The van der Waals surface area contributed by atoms with Crippen molar-refractivity contribution in [3.63, 3.8) is 0 Å². The molecule has 0 aliphatic heterocycles. The van der Waals surface area contributed by atoms with E-state index in [9.17, 15) is 13.2 Å². The van der Waals surface area contributed by atoms with Crippen LogP contribution in [0.5, 0.6) is 0 Å². The molecule has 0 amide bonds. The molecule has 0 saturated carbocycles. The minimum absolute atomic E-state index is 0.0114. The molecule has 5 nitrogen and oxygen atoms in total. The van der Waals surface area contributed by atoms with Crippen molar-refractivity contribution in [1.82, 2.24) is 9.55 Å². The van der Waals surface area contributed by atoms with Crippen LogP contribution in [0, 0.1) is 3.57 Å². The van der Waals surface area contributed by atoms with Gasteiger partial charge in [0.1, 0.15) is 0 Å². The lowest BCUT2D eigenvalue weighted by Gasteiger charge is -2.05. The number of hydrogen-bond acceptors (Lipinski definition) is 4. The average Bonchev–Trinajstić information content (AvgIpc) is 2.20. The molecule has 1 rings (SSSR count). The number of aryl methyl sites for hydroxylation is 1. The Balaban J connectivity index is 2.76. The summed E-state index contributed by atoms with van der Waals surface area (Å²) < 4.78 is 24.7. The zero-order valence-corrected chi connectivity index (χ0v) is 11.9. The van der Waals surface area contributed by atoms with E-state index in [0.29, 0.717) is 9.99 Å². The molecule has 0 aromatic carbocycles. The molecule has 0 aliphatic rings. The van der Waals surface area contributed by atoms with E-state index >= 15 is 0 Å².